The molecule has 0 aromatic heterocycles. The smallest absolute Gasteiger partial charge is 0.0948 e. The van der Waals surface area contributed by atoms with Gasteiger partial charge in [0.25, 0.3) is 0 Å². The number of ether oxygens (including phenoxy) is 2. The van der Waals surface area contributed by atoms with Crippen LogP contribution < -0.4 is 10.4 Å². The minimum Gasteiger partial charge on any atom is -0.366 e. The Morgan fingerprint density at radius 3 is 1.70 bits per heavy atom. The Morgan fingerprint density at radius 1 is 0.697 bits per heavy atom. The van der Waals surface area contributed by atoms with Gasteiger partial charge in [0.05, 0.1) is 32.9 Å². The summed E-state index contributed by atoms with van der Waals surface area (Å²) in [5.41, 5.74) is 3.61. The van der Waals surface area contributed by atoms with Crippen molar-refractivity contribution in [2.45, 2.75) is 113 Å². The van der Waals surface area contributed by atoms with E-state index >= 15 is 0 Å². The van der Waals surface area contributed by atoms with Gasteiger partial charge in [0.15, 0.2) is 0 Å². The van der Waals surface area contributed by atoms with Crippen LogP contribution in [-0.2, 0) is 22.3 Å². The zero-order valence-electron chi connectivity index (χ0n) is 20.2. The predicted octanol–water partition coefficient (Wildman–Crippen LogP) is 4.87. The molecule has 4 aliphatic rings. The average molecular weight is 461 g/mol. The maximum absolute atomic E-state index is 6.09. The molecule has 33 heavy (non-hydrogen) atoms. The van der Waals surface area contributed by atoms with Gasteiger partial charge in [-0.2, -0.15) is 0 Å². The second kappa shape index (κ2) is 9.32. The molecule has 0 bridgehead atoms. The summed E-state index contributed by atoms with van der Waals surface area (Å²) in [4.78, 5) is 0. The molecule has 2 nitrogen and oxygen atoms in total. The van der Waals surface area contributed by atoms with Crippen molar-refractivity contribution in [1.82, 2.24) is 0 Å². The van der Waals surface area contributed by atoms with Crippen molar-refractivity contribution < 1.29 is 9.47 Å². The van der Waals surface area contributed by atoms with Gasteiger partial charge in [-0.1, -0.05) is 84.6 Å². The predicted molar refractivity (Wildman–Crippen MR) is 139 cm³/mol. The van der Waals surface area contributed by atoms with Crippen LogP contribution >= 0.6 is 0 Å². The summed E-state index contributed by atoms with van der Waals surface area (Å²) in [5.74, 6) is 0. The van der Waals surface area contributed by atoms with Crippen molar-refractivity contribution >= 4 is 19.9 Å². The Balaban J connectivity index is 0.992. The van der Waals surface area contributed by atoms with Crippen molar-refractivity contribution in [3.8, 4) is 0 Å². The number of fused-ring (bicyclic) bond motifs is 2. The van der Waals surface area contributed by atoms with Gasteiger partial charge in [-0.3, -0.25) is 0 Å². The first-order valence-electron chi connectivity index (χ1n) is 13.7. The molecule has 3 heteroatoms. The molecule has 2 heterocycles. The maximum Gasteiger partial charge on any atom is 0.0948 e. The molecule has 2 aromatic carbocycles. The van der Waals surface area contributed by atoms with Crippen LogP contribution in [0.1, 0.15) is 88.2 Å². The van der Waals surface area contributed by atoms with Gasteiger partial charge in [0, 0.05) is 0 Å². The molecule has 0 amide bonds. The van der Waals surface area contributed by atoms with Crippen LogP contribution in [0.3, 0.4) is 0 Å². The van der Waals surface area contributed by atoms with Crippen molar-refractivity contribution in [2.24, 2.45) is 0 Å². The summed E-state index contributed by atoms with van der Waals surface area (Å²) < 4.78 is 12.2. The van der Waals surface area contributed by atoms with Crippen LogP contribution in [0.4, 0.5) is 0 Å². The van der Waals surface area contributed by atoms with E-state index in [1.165, 1.54) is 101 Å². The van der Waals surface area contributed by atoms with E-state index in [0.29, 0.717) is 12.2 Å². The van der Waals surface area contributed by atoms with Crippen LogP contribution in [0.15, 0.2) is 48.5 Å². The summed E-state index contributed by atoms with van der Waals surface area (Å²) in [7, 11) is -0.418. The standard InChI is InChI=1S/C30H40O2Si/c1-3-17-29(27(15-1)31-29)19-7-11-23-9-5-13-25(21-23)33-26-14-6-10-24(22-26)12-8-20-30-18-4-2-16-28(30)32-30/h5-6,9-10,13-14,21-22,27-28H,1-4,7-8,11-12,15-20,33H2. The quantitative estimate of drug-likeness (QED) is 0.373. The van der Waals surface area contributed by atoms with Crippen molar-refractivity contribution in [1.29, 1.82) is 0 Å². The van der Waals surface area contributed by atoms with E-state index in [-0.39, 0.29) is 11.2 Å². The molecule has 0 radical (unpaired) electrons. The molecular weight excluding hydrogens is 420 g/mol. The molecule has 2 aliphatic carbocycles. The minimum atomic E-state index is -0.418. The first-order valence-corrected chi connectivity index (χ1v) is 15.2. The Hall–Kier alpha value is -1.42. The fourth-order valence-electron chi connectivity index (χ4n) is 6.99. The third-order valence-electron chi connectivity index (χ3n) is 8.97. The topological polar surface area (TPSA) is 25.1 Å². The van der Waals surface area contributed by atoms with Crippen LogP contribution in [0.5, 0.6) is 0 Å². The highest BCUT2D eigenvalue weighted by molar-refractivity contribution is 6.67. The normalized spacial score (nSPS) is 32.5. The molecule has 2 aromatic rings. The van der Waals surface area contributed by atoms with E-state index in [1.54, 1.807) is 10.4 Å². The zero-order chi connectivity index (χ0) is 22.1. The Bertz CT molecular complexity index is 896. The first kappa shape index (κ1) is 22.1. The number of hydrogen-bond donors (Lipinski definition) is 0. The lowest BCUT2D eigenvalue weighted by molar-refractivity contribution is 0.267. The molecule has 0 spiro atoms. The molecule has 0 N–H and O–H groups in total. The van der Waals surface area contributed by atoms with Gasteiger partial charge in [-0.25, -0.2) is 0 Å². The van der Waals surface area contributed by atoms with Crippen LogP contribution in [0.25, 0.3) is 0 Å². The fraction of sp³-hybridized carbons (Fsp3) is 0.600. The molecule has 2 saturated heterocycles. The molecule has 4 unspecified atom stereocenters. The third kappa shape index (κ3) is 5.01. The third-order valence-corrected chi connectivity index (χ3v) is 10.7. The molecule has 4 fully saturated rings. The highest BCUT2D eigenvalue weighted by Crippen LogP contribution is 2.51. The second-order valence-electron chi connectivity index (χ2n) is 11.4. The van der Waals surface area contributed by atoms with Crippen molar-refractivity contribution in [3.63, 3.8) is 0 Å². The van der Waals surface area contributed by atoms with E-state index in [2.05, 4.69) is 48.5 Å². The molecule has 176 valence electrons. The lowest BCUT2D eigenvalue weighted by atomic mass is 9.85. The number of rotatable bonds is 10. The highest BCUT2D eigenvalue weighted by Gasteiger charge is 2.56. The van der Waals surface area contributed by atoms with Gasteiger partial charge in [-0.15, -0.1) is 0 Å². The van der Waals surface area contributed by atoms with Crippen LogP contribution in [0.2, 0.25) is 0 Å². The second-order valence-corrected chi connectivity index (χ2v) is 13.3. The van der Waals surface area contributed by atoms with Crippen LogP contribution in [0, 0.1) is 0 Å². The lowest BCUT2D eigenvalue weighted by Gasteiger charge is -2.17. The SMILES string of the molecule is c1cc(CCCC23CCCCC2O3)cc([SiH2]c2cccc(CCCC34CCCCC3O4)c2)c1. The van der Waals surface area contributed by atoms with E-state index in [1.807, 2.05) is 0 Å². The summed E-state index contributed by atoms with van der Waals surface area (Å²) in [5, 5.41) is 3.16. The zero-order valence-corrected chi connectivity index (χ0v) is 21.6. The molecule has 2 aliphatic heterocycles. The molecule has 2 saturated carbocycles. The number of aryl methyl sites for hydroxylation is 2. The summed E-state index contributed by atoms with van der Waals surface area (Å²) >= 11 is 0. The van der Waals surface area contributed by atoms with E-state index in [0.717, 1.165) is 0 Å². The Morgan fingerprint density at radius 2 is 1.21 bits per heavy atom. The summed E-state index contributed by atoms with van der Waals surface area (Å²) in [6, 6.07) is 18.9. The largest absolute Gasteiger partial charge is 0.366 e. The van der Waals surface area contributed by atoms with Crippen molar-refractivity contribution in [2.75, 3.05) is 0 Å². The fourth-order valence-corrected chi connectivity index (χ4v) is 8.70. The Kier molecular flexibility index (Phi) is 6.23. The maximum atomic E-state index is 6.09. The van der Waals surface area contributed by atoms with Gasteiger partial charge in [0.2, 0.25) is 0 Å². The number of benzene rings is 2. The molecule has 6 rings (SSSR count). The van der Waals surface area contributed by atoms with Crippen LogP contribution in [-0.4, -0.2) is 32.9 Å². The van der Waals surface area contributed by atoms with Gasteiger partial charge in [0.1, 0.15) is 0 Å². The monoisotopic (exact) mass is 460 g/mol. The van der Waals surface area contributed by atoms with Gasteiger partial charge >= 0.3 is 0 Å². The first-order chi connectivity index (χ1) is 16.2. The van der Waals surface area contributed by atoms with Gasteiger partial charge in [-0.05, 0) is 75.3 Å². The van der Waals surface area contributed by atoms with E-state index in [4.69, 9.17) is 9.47 Å². The molecule has 4 atom stereocenters. The number of epoxide rings is 2. The van der Waals surface area contributed by atoms with E-state index < -0.39 is 9.52 Å². The van der Waals surface area contributed by atoms with E-state index in [9.17, 15) is 0 Å². The molecular formula is C30H40O2Si. The minimum absolute atomic E-state index is 0.286. The average Bonchev–Trinajstić information content (AvgIpc) is 3.73. The number of hydrogen-bond acceptors (Lipinski definition) is 2. The highest BCUT2D eigenvalue weighted by atomic mass is 28.2. The lowest BCUT2D eigenvalue weighted by Crippen LogP contribution is -2.27. The van der Waals surface area contributed by atoms with Crippen molar-refractivity contribution in [3.05, 3.63) is 59.7 Å². The Labute approximate surface area is 202 Å². The van der Waals surface area contributed by atoms with Gasteiger partial charge < -0.3 is 9.47 Å². The summed E-state index contributed by atoms with van der Waals surface area (Å²) in [6.07, 6.45) is 19.3. The summed E-state index contributed by atoms with van der Waals surface area (Å²) in [6.45, 7) is 0.